The maximum atomic E-state index is 12.6. The van der Waals surface area contributed by atoms with Crippen molar-refractivity contribution < 1.29 is 24.2 Å². The second-order valence-corrected chi connectivity index (χ2v) is 5.83. The summed E-state index contributed by atoms with van der Waals surface area (Å²) >= 11 is 0. The zero-order chi connectivity index (χ0) is 16.8. The number of amides is 1. The van der Waals surface area contributed by atoms with Crippen molar-refractivity contribution >= 4 is 11.9 Å². The summed E-state index contributed by atoms with van der Waals surface area (Å²) in [6.45, 7) is 3.72. The molecule has 0 saturated carbocycles. The zero-order valence-electron chi connectivity index (χ0n) is 13.5. The van der Waals surface area contributed by atoms with Crippen LogP contribution in [-0.4, -0.2) is 55.3 Å². The molecule has 0 radical (unpaired) electrons. The number of ether oxygens (including phenoxy) is 2. The topological polar surface area (TPSA) is 76.1 Å². The van der Waals surface area contributed by atoms with E-state index in [4.69, 9.17) is 14.6 Å². The summed E-state index contributed by atoms with van der Waals surface area (Å²) in [4.78, 5) is 25.5. The Labute approximate surface area is 136 Å². The van der Waals surface area contributed by atoms with Gasteiger partial charge in [0.1, 0.15) is 12.4 Å². The number of benzene rings is 1. The molecule has 1 aromatic rings. The van der Waals surface area contributed by atoms with Gasteiger partial charge in [-0.25, -0.2) is 0 Å². The Kier molecular flexibility index (Phi) is 5.98. The molecule has 0 aliphatic carbocycles. The third-order valence-corrected chi connectivity index (χ3v) is 4.15. The van der Waals surface area contributed by atoms with Crippen molar-refractivity contribution in [3.05, 3.63) is 29.8 Å². The average molecular weight is 321 g/mol. The van der Waals surface area contributed by atoms with Gasteiger partial charge >= 0.3 is 5.97 Å². The molecule has 1 aliphatic rings. The van der Waals surface area contributed by atoms with Crippen LogP contribution in [-0.2, 0) is 9.53 Å². The van der Waals surface area contributed by atoms with Gasteiger partial charge in [0, 0.05) is 25.8 Å². The predicted molar refractivity (Wildman–Crippen MR) is 84.6 cm³/mol. The zero-order valence-corrected chi connectivity index (χ0v) is 13.5. The summed E-state index contributed by atoms with van der Waals surface area (Å²) in [5.41, 5.74) is 0.556. The normalized spacial score (nSPS) is 21.0. The largest absolute Gasteiger partial charge is 0.491 e. The lowest BCUT2D eigenvalue weighted by Gasteiger charge is -2.35. The third-order valence-electron chi connectivity index (χ3n) is 4.15. The minimum Gasteiger partial charge on any atom is -0.491 e. The summed E-state index contributed by atoms with van der Waals surface area (Å²) in [6.07, 6.45) is 0.492. The first-order chi connectivity index (χ1) is 11.0. The number of methoxy groups -OCH3 is 1. The molecule has 1 aliphatic heterocycles. The van der Waals surface area contributed by atoms with Crippen molar-refractivity contribution in [1.29, 1.82) is 0 Å². The molecule has 2 rings (SSSR count). The summed E-state index contributed by atoms with van der Waals surface area (Å²) in [7, 11) is 1.60. The number of nitrogens with zero attached hydrogens (tertiary/aromatic N) is 1. The molecule has 0 bridgehead atoms. The molecule has 1 amide bonds. The molecule has 23 heavy (non-hydrogen) atoms. The molecule has 1 N–H and O–H groups in total. The fourth-order valence-electron chi connectivity index (χ4n) is 2.84. The van der Waals surface area contributed by atoms with E-state index in [2.05, 4.69) is 0 Å². The van der Waals surface area contributed by atoms with Crippen LogP contribution in [0.15, 0.2) is 24.3 Å². The van der Waals surface area contributed by atoms with E-state index >= 15 is 0 Å². The molecule has 2 atom stereocenters. The highest BCUT2D eigenvalue weighted by Crippen LogP contribution is 2.25. The Morgan fingerprint density at radius 1 is 1.35 bits per heavy atom. The van der Waals surface area contributed by atoms with Gasteiger partial charge in [-0.2, -0.15) is 0 Å². The molecular weight excluding hydrogens is 298 g/mol. The Hall–Kier alpha value is -2.08. The van der Waals surface area contributed by atoms with E-state index < -0.39 is 5.97 Å². The summed E-state index contributed by atoms with van der Waals surface area (Å²) in [6, 6.07) is 7.04. The van der Waals surface area contributed by atoms with Gasteiger partial charge in [-0.15, -0.1) is 0 Å². The van der Waals surface area contributed by atoms with E-state index in [1.54, 1.807) is 36.3 Å². The van der Waals surface area contributed by atoms with Gasteiger partial charge in [-0.3, -0.25) is 9.59 Å². The number of aliphatic carboxylic acids is 1. The molecule has 6 nitrogen and oxygen atoms in total. The average Bonchev–Trinajstić information content (AvgIpc) is 2.54. The minimum atomic E-state index is -0.780. The highest BCUT2D eigenvalue weighted by atomic mass is 16.5. The van der Waals surface area contributed by atoms with Crippen LogP contribution >= 0.6 is 0 Å². The van der Waals surface area contributed by atoms with Crippen molar-refractivity contribution in [3.8, 4) is 5.75 Å². The number of carbonyl (C=O) groups is 2. The Balaban J connectivity index is 2.00. The molecule has 1 heterocycles. The maximum absolute atomic E-state index is 12.6. The molecular formula is C17H23NO5. The Bertz CT molecular complexity index is 560. The fraction of sp³-hybridized carbons (Fsp3) is 0.529. The standard InChI is InChI=1S/C17H23NO5/c1-12-11-18(7-6-15(12)17(20)21)16(19)13-4-3-5-14(10-13)23-9-8-22-2/h3-5,10,12,15H,6-9,11H2,1-2H3,(H,20,21). The van der Waals surface area contributed by atoms with E-state index in [1.807, 2.05) is 6.92 Å². The van der Waals surface area contributed by atoms with E-state index in [0.717, 1.165) is 0 Å². The summed E-state index contributed by atoms with van der Waals surface area (Å²) < 4.78 is 10.5. The van der Waals surface area contributed by atoms with E-state index in [9.17, 15) is 9.59 Å². The maximum Gasteiger partial charge on any atom is 0.306 e. The van der Waals surface area contributed by atoms with Gasteiger partial charge in [-0.1, -0.05) is 13.0 Å². The third kappa shape index (κ3) is 4.45. The number of piperidine rings is 1. The first-order valence-corrected chi connectivity index (χ1v) is 7.76. The van der Waals surface area contributed by atoms with Crippen LogP contribution in [0.25, 0.3) is 0 Å². The fourth-order valence-corrected chi connectivity index (χ4v) is 2.84. The van der Waals surface area contributed by atoms with Crippen LogP contribution in [0.1, 0.15) is 23.7 Å². The second kappa shape index (κ2) is 7.97. The highest BCUT2D eigenvalue weighted by Gasteiger charge is 2.33. The molecule has 2 unspecified atom stereocenters. The molecule has 6 heteroatoms. The van der Waals surface area contributed by atoms with Crippen LogP contribution in [0, 0.1) is 11.8 Å². The SMILES string of the molecule is COCCOc1cccc(C(=O)N2CCC(C(=O)O)C(C)C2)c1. The Morgan fingerprint density at radius 2 is 2.13 bits per heavy atom. The number of carbonyl (C=O) groups excluding carboxylic acids is 1. The molecule has 1 aromatic carbocycles. The molecule has 0 spiro atoms. The molecule has 1 fully saturated rings. The van der Waals surface area contributed by atoms with Crippen molar-refractivity contribution in [3.63, 3.8) is 0 Å². The van der Waals surface area contributed by atoms with Crippen LogP contribution in [0.5, 0.6) is 5.75 Å². The lowest BCUT2D eigenvalue weighted by atomic mass is 9.87. The van der Waals surface area contributed by atoms with Gasteiger partial charge in [0.15, 0.2) is 0 Å². The number of rotatable bonds is 6. The van der Waals surface area contributed by atoms with Gasteiger partial charge < -0.3 is 19.5 Å². The molecule has 0 aromatic heterocycles. The van der Waals surface area contributed by atoms with E-state index in [-0.39, 0.29) is 17.7 Å². The number of carboxylic acids is 1. The summed E-state index contributed by atoms with van der Waals surface area (Å²) in [5.74, 6) is -0.661. The first-order valence-electron chi connectivity index (χ1n) is 7.76. The van der Waals surface area contributed by atoms with Crippen LogP contribution in [0.4, 0.5) is 0 Å². The van der Waals surface area contributed by atoms with E-state index in [0.29, 0.717) is 44.0 Å². The van der Waals surface area contributed by atoms with Crippen molar-refractivity contribution in [2.24, 2.45) is 11.8 Å². The van der Waals surface area contributed by atoms with E-state index in [1.165, 1.54) is 0 Å². The summed E-state index contributed by atoms with van der Waals surface area (Å²) in [5, 5.41) is 9.16. The van der Waals surface area contributed by atoms with Crippen molar-refractivity contribution in [1.82, 2.24) is 4.90 Å². The number of hydrogen-bond donors (Lipinski definition) is 1. The highest BCUT2D eigenvalue weighted by molar-refractivity contribution is 5.94. The monoisotopic (exact) mass is 321 g/mol. The lowest BCUT2D eigenvalue weighted by Crippen LogP contribution is -2.45. The Morgan fingerprint density at radius 3 is 2.78 bits per heavy atom. The van der Waals surface area contributed by atoms with Gasteiger partial charge in [-0.05, 0) is 30.5 Å². The quantitative estimate of drug-likeness (QED) is 0.810. The van der Waals surface area contributed by atoms with Crippen molar-refractivity contribution in [2.75, 3.05) is 33.4 Å². The number of carboxylic acid groups (broad SMARTS) is 1. The number of likely N-dealkylation sites (tertiary alicyclic amines) is 1. The lowest BCUT2D eigenvalue weighted by molar-refractivity contribution is -0.145. The van der Waals surface area contributed by atoms with Crippen LogP contribution in [0.2, 0.25) is 0 Å². The van der Waals surface area contributed by atoms with Crippen LogP contribution in [0.3, 0.4) is 0 Å². The van der Waals surface area contributed by atoms with Crippen LogP contribution < -0.4 is 4.74 Å². The predicted octanol–water partition coefficient (Wildman–Crippen LogP) is 1.89. The first kappa shape index (κ1) is 17.3. The van der Waals surface area contributed by atoms with Gasteiger partial charge in [0.2, 0.25) is 0 Å². The second-order valence-electron chi connectivity index (χ2n) is 5.83. The smallest absolute Gasteiger partial charge is 0.306 e. The number of hydrogen-bond acceptors (Lipinski definition) is 4. The van der Waals surface area contributed by atoms with Gasteiger partial charge in [0.25, 0.3) is 5.91 Å². The van der Waals surface area contributed by atoms with Crippen molar-refractivity contribution in [2.45, 2.75) is 13.3 Å². The van der Waals surface area contributed by atoms with Gasteiger partial charge in [0.05, 0.1) is 12.5 Å². The molecule has 126 valence electrons. The molecule has 1 saturated heterocycles. The minimum absolute atomic E-state index is 0.0497.